The van der Waals surface area contributed by atoms with Gasteiger partial charge in [-0.2, -0.15) is 0 Å². The summed E-state index contributed by atoms with van der Waals surface area (Å²) in [6.07, 6.45) is 0. The molecule has 130 valence electrons. The molecule has 0 aliphatic heterocycles. The van der Waals surface area contributed by atoms with Crippen LogP contribution in [-0.2, 0) is 4.79 Å². The lowest BCUT2D eigenvalue weighted by atomic mass is 10.1. The molecule has 2 amide bonds. The number of nitrogens with one attached hydrogen (secondary N) is 2. The largest absolute Gasteiger partial charge is 0.496 e. The van der Waals surface area contributed by atoms with Crippen molar-refractivity contribution in [2.75, 3.05) is 19.0 Å². The summed E-state index contributed by atoms with van der Waals surface area (Å²) in [5.74, 6) is -1.60. The number of methoxy groups -OCH3 is 1. The standard InChI is InChI=1S/C18H18N2O5/c1-11-7-8-12(17(23)19-10-16(21)22)9-14(11)20-18(24)13-5-3-4-6-15(13)25-2/h3-9H,10H2,1-2H3,(H,19,23)(H,20,24)(H,21,22). The Balaban J connectivity index is 2.21. The molecule has 0 radical (unpaired) electrons. The van der Waals surface area contributed by atoms with Crippen LogP contribution in [0.25, 0.3) is 0 Å². The maximum Gasteiger partial charge on any atom is 0.322 e. The van der Waals surface area contributed by atoms with Gasteiger partial charge in [0.25, 0.3) is 11.8 Å². The van der Waals surface area contributed by atoms with Crippen LogP contribution in [-0.4, -0.2) is 36.5 Å². The molecule has 2 rings (SSSR count). The Morgan fingerprint density at radius 1 is 1.08 bits per heavy atom. The molecule has 0 aliphatic rings. The van der Waals surface area contributed by atoms with Gasteiger partial charge in [-0.1, -0.05) is 18.2 Å². The third-order valence-corrected chi connectivity index (χ3v) is 3.50. The second-order valence-electron chi connectivity index (χ2n) is 5.26. The van der Waals surface area contributed by atoms with E-state index in [1.54, 1.807) is 43.3 Å². The predicted molar refractivity (Wildman–Crippen MR) is 92.1 cm³/mol. The van der Waals surface area contributed by atoms with Gasteiger partial charge in [-0.3, -0.25) is 14.4 Å². The topological polar surface area (TPSA) is 105 Å². The van der Waals surface area contributed by atoms with E-state index < -0.39 is 18.4 Å². The molecule has 7 nitrogen and oxygen atoms in total. The first-order chi connectivity index (χ1) is 11.9. The zero-order valence-corrected chi connectivity index (χ0v) is 13.8. The average molecular weight is 342 g/mol. The van der Waals surface area contributed by atoms with Crippen molar-refractivity contribution in [3.63, 3.8) is 0 Å². The van der Waals surface area contributed by atoms with Crippen molar-refractivity contribution in [2.24, 2.45) is 0 Å². The lowest BCUT2D eigenvalue weighted by molar-refractivity contribution is -0.135. The van der Waals surface area contributed by atoms with E-state index in [2.05, 4.69) is 10.6 Å². The number of rotatable bonds is 6. The van der Waals surface area contributed by atoms with Crippen LogP contribution in [0.5, 0.6) is 5.75 Å². The van der Waals surface area contributed by atoms with Crippen molar-refractivity contribution in [1.82, 2.24) is 5.32 Å². The molecule has 0 saturated carbocycles. The highest BCUT2D eigenvalue weighted by Crippen LogP contribution is 2.22. The Morgan fingerprint density at radius 2 is 1.80 bits per heavy atom. The minimum Gasteiger partial charge on any atom is -0.496 e. The maximum absolute atomic E-state index is 12.5. The predicted octanol–water partition coefficient (Wildman–Crippen LogP) is 2.07. The molecule has 2 aromatic rings. The summed E-state index contributed by atoms with van der Waals surface area (Å²) in [6, 6.07) is 11.5. The number of ether oxygens (including phenoxy) is 1. The summed E-state index contributed by atoms with van der Waals surface area (Å²) in [4.78, 5) is 35.0. The van der Waals surface area contributed by atoms with Crippen LogP contribution in [0.15, 0.2) is 42.5 Å². The highest BCUT2D eigenvalue weighted by atomic mass is 16.5. The molecule has 7 heteroatoms. The summed E-state index contributed by atoms with van der Waals surface area (Å²) in [6.45, 7) is 1.31. The molecule has 2 aromatic carbocycles. The second-order valence-corrected chi connectivity index (χ2v) is 5.26. The highest BCUT2D eigenvalue weighted by molar-refractivity contribution is 6.07. The summed E-state index contributed by atoms with van der Waals surface area (Å²) >= 11 is 0. The third kappa shape index (κ3) is 4.57. The number of aryl methyl sites for hydroxylation is 1. The van der Waals surface area contributed by atoms with E-state index in [4.69, 9.17) is 9.84 Å². The fourth-order valence-electron chi connectivity index (χ4n) is 2.18. The van der Waals surface area contributed by atoms with E-state index in [-0.39, 0.29) is 11.5 Å². The molecule has 0 saturated heterocycles. The first-order valence-corrected chi connectivity index (χ1v) is 7.47. The molecule has 25 heavy (non-hydrogen) atoms. The lowest BCUT2D eigenvalue weighted by Crippen LogP contribution is -2.29. The number of carboxylic acids is 1. The molecule has 0 spiro atoms. The van der Waals surface area contributed by atoms with Crippen molar-refractivity contribution in [1.29, 1.82) is 0 Å². The van der Waals surface area contributed by atoms with E-state index in [9.17, 15) is 14.4 Å². The Bertz CT molecular complexity index is 817. The van der Waals surface area contributed by atoms with Crippen LogP contribution >= 0.6 is 0 Å². The van der Waals surface area contributed by atoms with Crippen LogP contribution in [0.3, 0.4) is 0 Å². The average Bonchev–Trinajstić information content (AvgIpc) is 2.61. The smallest absolute Gasteiger partial charge is 0.322 e. The van der Waals surface area contributed by atoms with E-state index >= 15 is 0 Å². The third-order valence-electron chi connectivity index (χ3n) is 3.50. The Labute approximate surface area is 144 Å². The second kappa shape index (κ2) is 7.96. The minimum atomic E-state index is -1.13. The molecule has 0 unspecified atom stereocenters. The van der Waals surface area contributed by atoms with Crippen LogP contribution in [0.1, 0.15) is 26.3 Å². The number of carboxylic acid groups (broad SMARTS) is 1. The van der Waals surface area contributed by atoms with E-state index in [1.165, 1.54) is 13.2 Å². The first kappa shape index (κ1) is 18.0. The number of hydrogen-bond donors (Lipinski definition) is 3. The van der Waals surface area contributed by atoms with E-state index in [1.807, 2.05) is 0 Å². The number of hydrogen-bond acceptors (Lipinski definition) is 4. The Hall–Kier alpha value is -3.35. The molecule has 0 fully saturated rings. The minimum absolute atomic E-state index is 0.252. The fourth-order valence-corrected chi connectivity index (χ4v) is 2.18. The van der Waals surface area contributed by atoms with Crippen molar-refractivity contribution < 1.29 is 24.2 Å². The molecule has 0 aliphatic carbocycles. The number of carbonyl (C=O) groups is 3. The fraction of sp³-hybridized carbons (Fsp3) is 0.167. The normalized spacial score (nSPS) is 10.0. The van der Waals surface area contributed by atoms with Gasteiger partial charge in [0, 0.05) is 11.3 Å². The molecule has 0 bridgehead atoms. The van der Waals surface area contributed by atoms with Crippen molar-refractivity contribution in [2.45, 2.75) is 6.92 Å². The Morgan fingerprint density at radius 3 is 2.48 bits per heavy atom. The molecule has 0 heterocycles. The van der Waals surface area contributed by atoms with Crippen LogP contribution in [0.2, 0.25) is 0 Å². The monoisotopic (exact) mass is 342 g/mol. The van der Waals surface area contributed by atoms with Gasteiger partial charge in [0.1, 0.15) is 12.3 Å². The first-order valence-electron chi connectivity index (χ1n) is 7.47. The number of carbonyl (C=O) groups excluding carboxylic acids is 2. The van der Waals surface area contributed by atoms with Gasteiger partial charge in [0.05, 0.1) is 12.7 Å². The van der Waals surface area contributed by atoms with Crippen molar-refractivity contribution in [3.8, 4) is 5.75 Å². The molecule has 0 aromatic heterocycles. The van der Waals surface area contributed by atoms with Crippen LogP contribution in [0, 0.1) is 6.92 Å². The maximum atomic E-state index is 12.5. The summed E-state index contributed by atoms with van der Waals surface area (Å²) in [5, 5.41) is 13.6. The van der Waals surface area contributed by atoms with Crippen LogP contribution < -0.4 is 15.4 Å². The van der Waals surface area contributed by atoms with E-state index in [0.29, 0.717) is 17.0 Å². The summed E-state index contributed by atoms with van der Waals surface area (Å²) < 4.78 is 5.17. The number of aliphatic carboxylic acids is 1. The number of anilines is 1. The SMILES string of the molecule is COc1ccccc1C(=O)Nc1cc(C(=O)NCC(=O)O)ccc1C. The lowest BCUT2D eigenvalue weighted by Gasteiger charge is -2.12. The number of para-hydroxylation sites is 1. The highest BCUT2D eigenvalue weighted by Gasteiger charge is 2.14. The van der Waals surface area contributed by atoms with Gasteiger partial charge in [0.2, 0.25) is 0 Å². The molecular weight excluding hydrogens is 324 g/mol. The van der Waals surface area contributed by atoms with Gasteiger partial charge in [-0.15, -0.1) is 0 Å². The molecule has 3 N–H and O–H groups in total. The van der Waals surface area contributed by atoms with Gasteiger partial charge >= 0.3 is 5.97 Å². The quantitative estimate of drug-likeness (QED) is 0.745. The Kier molecular flexibility index (Phi) is 5.73. The number of amides is 2. The van der Waals surface area contributed by atoms with Crippen molar-refractivity contribution >= 4 is 23.5 Å². The van der Waals surface area contributed by atoms with Gasteiger partial charge in [0.15, 0.2) is 0 Å². The molecular formula is C18H18N2O5. The zero-order valence-electron chi connectivity index (χ0n) is 13.8. The van der Waals surface area contributed by atoms with Gasteiger partial charge in [-0.05, 0) is 36.8 Å². The van der Waals surface area contributed by atoms with Crippen molar-refractivity contribution in [3.05, 3.63) is 59.2 Å². The van der Waals surface area contributed by atoms with Crippen LogP contribution in [0.4, 0.5) is 5.69 Å². The summed E-state index contributed by atoms with van der Waals surface area (Å²) in [5.41, 5.74) is 1.84. The van der Waals surface area contributed by atoms with Gasteiger partial charge < -0.3 is 20.5 Å². The zero-order chi connectivity index (χ0) is 18.4. The number of benzene rings is 2. The van der Waals surface area contributed by atoms with Gasteiger partial charge in [-0.25, -0.2) is 0 Å². The molecule has 0 atom stereocenters. The summed E-state index contributed by atoms with van der Waals surface area (Å²) in [7, 11) is 1.48. The van der Waals surface area contributed by atoms with E-state index in [0.717, 1.165) is 5.56 Å².